The number of rotatable bonds is 7. The largest absolute Gasteiger partial charge is 0.310 e. The fraction of sp³-hybridized carbons (Fsp3) is 0.700. The van der Waals surface area contributed by atoms with E-state index in [1.165, 1.54) is 6.33 Å². The summed E-state index contributed by atoms with van der Waals surface area (Å²) < 4.78 is 1.80. The number of aryl methyl sites for hydroxylation is 1. The fourth-order valence-electron chi connectivity index (χ4n) is 1.33. The van der Waals surface area contributed by atoms with E-state index in [4.69, 9.17) is 0 Å². The predicted molar refractivity (Wildman–Crippen MR) is 57.6 cm³/mol. The zero-order valence-corrected chi connectivity index (χ0v) is 9.36. The summed E-state index contributed by atoms with van der Waals surface area (Å²) in [6.45, 7) is 6.10. The molecule has 1 heterocycles. The smallest absolute Gasteiger partial charge is 0.154 e. The van der Waals surface area contributed by atoms with Crippen molar-refractivity contribution in [3.63, 3.8) is 0 Å². The van der Waals surface area contributed by atoms with E-state index in [0.29, 0.717) is 13.0 Å². The molecule has 5 nitrogen and oxygen atoms in total. The molecule has 0 atom stereocenters. The summed E-state index contributed by atoms with van der Waals surface area (Å²) in [5.41, 5.74) is 0. The first kappa shape index (κ1) is 11.8. The number of hydrogen-bond acceptors (Lipinski definition) is 4. The number of aromatic nitrogens is 3. The molecule has 0 fully saturated rings. The Labute approximate surface area is 89.9 Å². The maximum atomic E-state index is 11.5. The van der Waals surface area contributed by atoms with Crippen molar-refractivity contribution in [2.45, 2.75) is 33.2 Å². The lowest BCUT2D eigenvalue weighted by molar-refractivity contribution is -0.117. The highest BCUT2D eigenvalue weighted by molar-refractivity contribution is 5.82. The SMILES string of the molecule is CCCn1ncnc1CC(=O)CNCC. The Kier molecular flexibility index (Phi) is 4.97. The average molecular weight is 210 g/mol. The molecule has 1 aromatic heterocycles. The van der Waals surface area contributed by atoms with Crippen LogP contribution in [0.3, 0.4) is 0 Å². The second kappa shape index (κ2) is 6.29. The van der Waals surface area contributed by atoms with Gasteiger partial charge in [0.05, 0.1) is 13.0 Å². The first-order chi connectivity index (χ1) is 7.27. The molecule has 0 unspecified atom stereocenters. The molecule has 84 valence electrons. The third kappa shape index (κ3) is 3.79. The molecule has 0 aromatic carbocycles. The molecule has 0 radical (unpaired) electrons. The van der Waals surface area contributed by atoms with Gasteiger partial charge in [-0.05, 0) is 13.0 Å². The van der Waals surface area contributed by atoms with Crippen LogP contribution in [-0.4, -0.2) is 33.6 Å². The van der Waals surface area contributed by atoms with Crippen LogP contribution >= 0.6 is 0 Å². The fourth-order valence-corrected chi connectivity index (χ4v) is 1.33. The summed E-state index contributed by atoms with van der Waals surface area (Å²) in [5, 5.41) is 7.08. The van der Waals surface area contributed by atoms with Crippen molar-refractivity contribution in [1.82, 2.24) is 20.1 Å². The molecule has 0 amide bonds. The van der Waals surface area contributed by atoms with Crippen molar-refractivity contribution in [3.8, 4) is 0 Å². The minimum Gasteiger partial charge on any atom is -0.310 e. The van der Waals surface area contributed by atoms with Gasteiger partial charge in [-0.15, -0.1) is 0 Å². The topological polar surface area (TPSA) is 59.8 Å². The lowest BCUT2D eigenvalue weighted by Crippen LogP contribution is -2.25. The molecule has 1 aromatic rings. The third-order valence-electron chi connectivity index (χ3n) is 2.06. The standard InChI is InChI=1S/C10H18N4O/c1-3-5-14-10(12-8-13-14)6-9(15)7-11-4-2/h8,11H,3-7H2,1-2H3. The quantitative estimate of drug-likeness (QED) is 0.708. The van der Waals surface area contributed by atoms with Crippen LogP contribution in [0, 0.1) is 0 Å². The van der Waals surface area contributed by atoms with Gasteiger partial charge in [0.2, 0.25) is 0 Å². The van der Waals surface area contributed by atoms with Crippen molar-refractivity contribution in [2.24, 2.45) is 0 Å². The van der Waals surface area contributed by atoms with Gasteiger partial charge in [-0.25, -0.2) is 9.67 Å². The van der Waals surface area contributed by atoms with E-state index in [2.05, 4.69) is 22.3 Å². The number of nitrogens with one attached hydrogen (secondary N) is 1. The first-order valence-electron chi connectivity index (χ1n) is 5.37. The van der Waals surface area contributed by atoms with Crippen LogP contribution in [0.25, 0.3) is 0 Å². The number of hydrogen-bond donors (Lipinski definition) is 1. The Morgan fingerprint density at radius 3 is 3.00 bits per heavy atom. The number of carbonyl (C=O) groups is 1. The normalized spacial score (nSPS) is 10.5. The number of carbonyl (C=O) groups excluding carboxylic acids is 1. The molecule has 0 spiro atoms. The third-order valence-corrected chi connectivity index (χ3v) is 2.06. The molecular formula is C10H18N4O. The Balaban J connectivity index is 2.48. The lowest BCUT2D eigenvalue weighted by atomic mass is 10.2. The van der Waals surface area contributed by atoms with Crippen LogP contribution in [0.5, 0.6) is 0 Å². The monoisotopic (exact) mass is 210 g/mol. The lowest BCUT2D eigenvalue weighted by Gasteiger charge is -2.03. The zero-order chi connectivity index (χ0) is 11.1. The van der Waals surface area contributed by atoms with Crippen molar-refractivity contribution in [3.05, 3.63) is 12.2 Å². The molecule has 0 bridgehead atoms. The van der Waals surface area contributed by atoms with Gasteiger partial charge in [-0.2, -0.15) is 5.10 Å². The minimum atomic E-state index is 0.155. The molecule has 0 aliphatic rings. The zero-order valence-electron chi connectivity index (χ0n) is 9.36. The number of likely N-dealkylation sites (N-methyl/N-ethyl adjacent to an activating group) is 1. The molecule has 1 rings (SSSR count). The predicted octanol–water partition coefficient (Wildman–Crippen LogP) is 0.409. The van der Waals surface area contributed by atoms with Crippen molar-refractivity contribution in [1.29, 1.82) is 0 Å². The summed E-state index contributed by atoms with van der Waals surface area (Å²) in [7, 11) is 0. The molecular weight excluding hydrogens is 192 g/mol. The van der Waals surface area contributed by atoms with Gasteiger partial charge in [-0.1, -0.05) is 13.8 Å². The van der Waals surface area contributed by atoms with E-state index < -0.39 is 0 Å². The highest BCUT2D eigenvalue weighted by Crippen LogP contribution is 1.97. The summed E-state index contributed by atoms with van der Waals surface area (Å²) in [6.07, 6.45) is 2.87. The van der Waals surface area contributed by atoms with E-state index in [1.54, 1.807) is 4.68 Å². The number of Topliss-reactive ketones (excluding diaryl/α,β-unsaturated/α-hetero) is 1. The molecule has 1 N–H and O–H groups in total. The highest BCUT2D eigenvalue weighted by atomic mass is 16.1. The van der Waals surface area contributed by atoms with Gasteiger partial charge in [-0.3, -0.25) is 4.79 Å². The number of ketones is 1. The second-order valence-corrected chi connectivity index (χ2v) is 3.40. The molecule has 0 aliphatic heterocycles. The van der Waals surface area contributed by atoms with Gasteiger partial charge in [0.15, 0.2) is 5.78 Å². The summed E-state index contributed by atoms with van der Waals surface area (Å²) in [5.74, 6) is 0.918. The maximum absolute atomic E-state index is 11.5. The van der Waals surface area contributed by atoms with E-state index >= 15 is 0 Å². The van der Waals surface area contributed by atoms with Gasteiger partial charge in [0.25, 0.3) is 0 Å². The van der Waals surface area contributed by atoms with E-state index in [1.807, 2.05) is 6.92 Å². The molecule has 15 heavy (non-hydrogen) atoms. The van der Waals surface area contributed by atoms with Crippen LogP contribution < -0.4 is 5.32 Å². The van der Waals surface area contributed by atoms with Crippen LogP contribution in [0.2, 0.25) is 0 Å². The summed E-state index contributed by atoms with van der Waals surface area (Å²) in [4.78, 5) is 15.6. The Morgan fingerprint density at radius 2 is 2.33 bits per heavy atom. The highest BCUT2D eigenvalue weighted by Gasteiger charge is 2.08. The van der Waals surface area contributed by atoms with E-state index in [-0.39, 0.29) is 5.78 Å². The van der Waals surface area contributed by atoms with E-state index in [9.17, 15) is 4.79 Å². The van der Waals surface area contributed by atoms with Crippen molar-refractivity contribution < 1.29 is 4.79 Å². The molecule has 0 aliphatic carbocycles. The Bertz CT molecular complexity index is 308. The summed E-state index contributed by atoms with van der Waals surface area (Å²) in [6, 6.07) is 0. The van der Waals surface area contributed by atoms with E-state index in [0.717, 1.165) is 25.3 Å². The molecule has 0 saturated carbocycles. The minimum absolute atomic E-state index is 0.155. The van der Waals surface area contributed by atoms with Crippen LogP contribution in [0.1, 0.15) is 26.1 Å². The number of nitrogens with zero attached hydrogens (tertiary/aromatic N) is 3. The van der Waals surface area contributed by atoms with Crippen LogP contribution in [-0.2, 0) is 17.8 Å². The van der Waals surface area contributed by atoms with Gasteiger partial charge in [0, 0.05) is 6.54 Å². The van der Waals surface area contributed by atoms with Crippen molar-refractivity contribution in [2.75, 3.05) is 13.1 Å². The van der Waals surface area contributed by atoms with Crippen LogP contribution in [0.4, 0.5) is 0 Å². The van der Waals surface area contributed by atoms with Crippen molar-refractivity contribution >= 4 is 5.78 Å². The second-order valence-electron chi connectivity index (χ2n) is 3.40. The Hall–Kier alpha value is -1.23. The average Bonchev–Trinajstić information content (AvgIpc) is 2.63. The Morgan fingerprint density at radius 1 is 1.53 bits per heavy atom. The maximum Gasteiger partial charge on any atom is 0.154 e. The molecule has 5 heteroatoms. The van der Waals surface area contributed by atoms with Gasteiger partial charge >= 0.3 is 0 Å². The summed E-state index contributed by atoms with van der Waals surface area (Å²) >= 11 is 0. The van der Waals surface area contributed by atoms with Crippen LogP contribution in [0.15, 0.2) is 6.33 Å². The first-order valence-corrected chi connectivity index (χ1v) is 5.37. The van der Waals surface area contributed by atoms with Gasteiger partial charge < -0.3 is 5.32 Å². The van der Waals surface area contributed by atoms with Gasteiger partial charge in [0.1, 0.15) is 12.2 Å². The molecule has 0 saturated heterocycles.